The molecule has 0 aliphatic carbocycles. The number of carbonyl (C=O) groups is 1. The lowest BCUT2D eigenvalue weighted by molar-refractivity contribution is -0.126. The summed E-state index contributed by atoms with van der Waals surface area (Å²) in [6, 6.07) is 0.129. The number of nitrogens with two attached hydrogens (primary N) is 1. The fourth-order valence-electron chi connectivity index (χ4n) is 1.88. The van der Waals surface area contributed by atoms with E-state index in [1.807, 2.05) is 6.92 Å². The highest BCUT2D eigenvalue weighted by Crippen LogP contribution is 2.11. The van der Waals surface area contributed by atoms with Gasteiger partial charge in [-0.25, -0.2) is 0 Å². The second kappa shape index (κ2) is 7.65. The molecule has 1 saturated heterocycles. The molecular formula is C11H22ClN3O. The Morgan fingerprint density at radius 3 is 3.00 bits per heavy atom. The molecule has 1 amide bonds. The van der Waals surface area contributed by atoms with Crippen LogP contribution in [0, 0.1) is 0 Å². The highest BCUT2D eigenvalue weighted by Gasteiger charge is 2.25. The second-order valence-corrected chi connectivity index (χ2v) is 4.11. The molecule has 0 aromatic rings. The normalized spacial score (nSPS) is 23.0. The molecule has 1 fully saturated rings. The minimum absolute atomic E-state index is 0. The Bertz CT molecular complexity index is 235. The first kappa shape index (κ1) is 15.4. The maximum Gasteiger partial charge on any atom is 0.237 e. The van der Waals surface area contributed by atoms with E-state index in [2.05, 4.69) is 16.8 Å². The minimum Gasteiger partial charge on any atom is -0.351 e. The van der Waals surface area contributed by atoms with Crippen LogP contribution in [0.3, 0.4) is 0 Å². The Hall–Kier alpha value is -0.580. The van der Waals surface area contributed by atoms with Crippen molar-refractivity contribution in [3.63, 3.8) is 0 Å². The lowest BCUT2D eigenvalue weighted by Crippen LogP contribution is -2.52. The molecule has 2 unspecified atom stereocenters. The number of halogens is 1. The Morgan fingerprint density at radius 2 is 2.44 bits per heavy atom. The van der Waals surface area contributed by atoms with Gasteiger partial charge in [-0.05, 0) is 26.3 Å². The number of nitrogens with one attached hydrogen (secondary N) is 1. The van der Waals surface area contributed by atoms with E-state index in [1.54, 1.807) is 6.08 Å². The fourth-order valence-corrected chi connectivity index (χ4v) is 1.88. The van der Waals surface area contributed by atoms with Crippen molar-refractivity contribution in [2.24, 2.45) is 5.73 Å². The number of carbonyl (C=O) groups excluding carboxylic acids is 1. The highest BCUT2D eigenvalue weighted by atomic mass is 35.5. The van der Waals surface area contributed by atoms with Crippen molar-refractivity contribution in [2.75, 3.05) is 19.6 Å². The van der Waals surface area contributed by atoms with Gasteiger partial charge in [0, 0.05) is 19.1 Å². The van der Waals surface area contributed by atoms with Crippen LogP contribution in [0.1, 0.15) is 19.8 Å². The number of rotatable bonds is 4. The van der Waals surface area contributed by atoms with E-state index in [0.29, 0.717) is 6.54 Å². The summed E-state index contributed by atoms with van der Waals surface area (Å²) in [4.78, 5) is 13.8. The summed E-state index contributed by atoms with van der Waals surface area (Å²) >= 11 is 0. The van der Waals surface area contributed by atoms with E-state index in [-0.39, 0.29) is 30.4 Å². The number of hydrogen-bond donors (Lipinski definition) is 2. The smallest absolute Gasteiger partial charge is 0.237 e. The zero-order valence-corrected chi connectivity index (χ0v) is 10.6. The number of nitrogens with zero attached hydrogens (tertiary/aromatic N) is 1. The molecule has 0 saturated carbocycles. The fraction of sp³-hybridized carbons (Fsp3) is 0.727. The Labute approximate surface area is 104 Å². The largest absolute Gasteiger partial charge is 0.351 e. The number of likely N-dealkylation sites (tertiary alicyclic amines) is 1. The van der Waals surface area contributed by atoms with E-state index in [4.69, 9.17) is 5.73 Å². The first-order valence-electron chi connectivity index (χ1n) is 5.53. The van der Waals surface area contributed by atoms with Gasteiger partial charge in [0.25, 0.3) is 0 Å². The molecular weight excluding hydrogens is 226 g/mol. The van der Waals surface area contributed by atoms with E-state index >= 15 is 0 Å². The van der Waals surface area contributed by atoms with E-state index in [9.17, 15) is 4.79 Å². The average molecular weight is 248 g/mol. The first-order chi connectivity index (χ1) is 7.15. The van der Waals surface area contributed by atoms with Crippen LogP contribution in [-0.4, -0.2) is 42.5 Å². The van der Waals surface area contributed by atoms with Crippen molar-refractivity contribution in [1.82, 2.24) is 10.2 Å². The maximum atomic E-state index is 11.7. The van der Waals surface area contributed by atoms with Gasteiger partial charge >= 0.3 is 0 Å². The number of amides is 1. The van der Waals surface area contributed by atoms with Gasteiger partial charge in [-0.15, -0.1) is 19.0 Å². The lowest BCUT2D eigenvalue weighted by Gasteiger charge is -2.34. The molecule has 1 aliphatic heterocycles. The molecule has 1 rings (SSSR count). The molecule has 0 spiro atoms. The van der Waals surface area contributed by atoms with Gasteiger partial charge in [0.15, 0.2) is 0 Å². The van der Waals surface area contributed by atoms with Crippen LogP contribution < -0.4 is 11.1 Å². The van der Waals surface area contributed by atoms with Crippen molar-refractivity contribution < 1.29 is 4.79 Å². The van der Waals surface area contributed by atoms with Gasteiger partial charge in [0.1, 0.15) is 0 Å². The van der Waals surface area contributed by atoms with Crippen LogP contribution in [0.4, 0.5) is 0 Å². The summed E-state index contributed by atoms with van der Waals surface area (Å²) < 4.78 is 0. The third-order valence-corrected chi connectivity index (χ3v) is 2.84. The summed E-state index contributed by atoms with van der Waals surface area (Å²) in [7, 11) is 0. The molecule has 1 heterocycles. The zero-order valence-electron chi connectivity index (χ0n) is 9.82. The summed E-state index contributed by atoms with van der Waals surface area (Å²) in [6.07, 6.45) is 3.84. The number of hydrogen-bond acceptors (Lipinski definition) is 3. The maximum absolute atomic E-state index is 11.7. The molecule has 0 radical (unpaired) electrons. The molecule has 2 atom stereocenters. The van der Waals surface area contributed by atoms with Crippen molar-refractivity contribution in [3.8, 4) is 0 Å². The van der Waals surface area contributed by atoms with Gasteiger partial charge in [-0.1, -0.05) is 6.08 Å². The molecule has 0 aromatic carbocycles. The SMILES string of the molecule is C=CCNC(=O)C(C)N1CCCC(N)C1.Cl. The van der Waals surface area contributed by atoms with Crippen LogP contribution in [-0.2, 0) is 4.79 Å². The van der Waals surface area contributed by atoms with Gasteiger partial charge < -0.3 is 11.1 Å². The average Bonchev–Trinajstić information content (AvgIpc) is 2.24. The second-order valence-electron chi connectivity index (χ2n) is 4.11. The molecule has 1 aliphatic rings. The van der Waals surface area contributed by atoms with Crippen molar-refractivity contribution in [3.05, 3.63) is 12.7 Å². The lowest BCUT2D eigenvalue weighted by atomic mass is 10.0. The van der Waals surface area contributed by atoms with Crippen LogP contribution in [0.2, 0.25) is 0 Å². The zero-order chi connectivity index (χ0) is 11.3. The van der Waals surface area contributed by atoms with Crippen molar-refractivity contribution in [1.29, 1.82) is 0 Å². The third-order valence-electron chi connectivity index (χ3n) is 2.84. The van der Waals surface area contributed by atoms with Gasteiger partial charge in [-0.2, -0.15) is 0 Å². The minimum atomic E-state index is -0.0868. The van der Waals surface area contributed by atoms with Crippen molar-refractivity contribution >= 4 is 18.3 Å². The predicted molar refractivity (Wildman–Crippen MR) is 68.7 cm³/mol. The van der Waals surface area contributed by atoms with E-state index in [0.717, 1.165) is 25.9 Å². The molecule has 4 nitrogen and oxygen atoms in total. The highest BCUT2D eigenvalue weighted by molar-refractivity contribution is 5.85. The molecule has 94 valence electrons. The van der Waals surface area contributed by atoms with Gasteiger partial charge in [-0.3, -0.25) is 9.69 Å². The topological polar surface area (TPSA) is 58.4 Å². The standard InChI is InChI=1S/C11H21N3O.ClH/c1-3-6-13-11(15)9(2)14-7-4-5-10(12)8-14;/h3,9-10H,1,4-8,12H2,2H3,(H,13,15);1H. The van der Waals surface area contributed by atoms with Crippen LogP contribution in [0.25, 0.3) is 0 Å². The van der Waals surface area contributed by atoms with Crippen molar-refractivity contribution in [2.45, 2.75) is 31.8 Å². The Morgan fingerprint density at radius 1 is 1.75 bits per heavy atom. The van der Waals surface area contributed by atoms with Gasteiger partial charge in [0.2, 0.25) is 5.91 Å². The molecule has 0 bridgehead atoms. The van der Waals surface area contributed by atoms with E-state index < -0.39 is 0 Å². The molecule has 0 aromatic heterocycles. The summed E-state index contributed by atoms with van der Waals surface area (Å²) in [5.74, 6) is 0.0593. The van der Waals surface area contributed by atoms with Crippen LogP contribution >= 0.6 is 12.4 Å². The van der Waals surface area contributed by atoms with E-state index in [1.165, 1.54) is 0 Å². The predicted octanol–water partition coefficient (Wildman–Crippen LogP) is 0.522. The quantitative estimate of drug-likeness (QED) is 0.713. The monoisotopic (exact) mass is 247 g/mol. The summed E-state index contributed by atoms with van der Waals surface area (Å²) in [5, 5.41) is 2.80. The molecule has 3 N–H and O–H groups in total. The summed E-state index contributed by atoms with van der Waals surface area (Å²) in [6.45, 7) is 7.82. The summed E-state index contributed by atoms with van der Waals surface area (Å²) in [5.41, 5.74) is 5.87. The molecule has 16 heavy (non-hydrogen) atoms. The van der Waals surface area contributed by atoms with Gasteiger partial charge in [0.05, 0.1) is 6.04 Å². The van der Waals surface area contributed by atoms with Crippen LogP contribution in [0.5, 0.6) is 0 Å². The first-order valence-corrected chi connectivity index (χ1v) is 5.53. The number of piperidine rings is 1. The Balaban J connectivity index is 0.00000225. The van der Waals surface area contributed by atoms with Crippen LogP contribution in [0.15, 0.2) is 12.7 Å². The molecule has 5 heteroatoms. The Kier molecular flexibility index (Phi) is 7.38. The third kappa shape index (κ3) is 4.51.